The first-order valence-electron chi connectivity index (χ1n) is 19.2. The average Bonchev–Trinajstić information content (AvgIpc) is 3.61. The van der Waals surface area contributed by atoms with Crippen LogP contribution in [0.15, 0.2) is 231 Å². The molecule has 0 atom stereocenters. The molecule has 0 aliphatic heterocycles. The molecule has 0 unspecified atom stereocenters. The van der Waals surface area contributed by atoms with Crippen LogP contribution in [0.25, 0.3) is 72.0 Å². The number of hydrogen-bond donors (Lipinski definition) is 0. The summed E-state index contributed by atoms with van der Waals surface area (Å²) in [5, 5.41) is 2.52. The third kappa shape index (κ3) is 6.14. The molecule has 2 nitrogen and oxygen atoms in total. The van der Waals surface area contributed by atoms with Crippen molar-refractivity contribution in [1.29, 1.82) is 0 Å². The van der Waals surface area contributed by atoms with Crippen LogP contribution in [0.5, 0.6) is 0 Å². The van der Waals surface area contributed by atoms with Crippen LogP contribution >= 0.6 is 0 Å². The van der Waals surface area contributed by atoms with Gasteiger partial charge in [0.05, 0.1) is 16.7 Å². The fraction of sp³-hybridized carbons (Fsp3) is 0. The molecule has 0 aliphatic carbocycles. The maximum Gasteiger partial charge on any atom is 0.0547 e. The van der Waals surface area contributed by atoms with Crippen LogP contribution in [0, 0.1) is 0 Å². The smallest absolute Gasteiger partial charge is 0.0547 e. The Kier molecular flexibility index (Phi) is 8.55. The summed E-state index contributed by atoms with van der Waals surface area (Å²) in [4.78, 5) is 2.40. The molecule has 0 aliphatic rings. The van der Waals surface area contributed by atoms with Gasteiger partial charge in [-0.2, -0.15) is 0 Å². The lowest BCUT2D eigenvalue weighted by Gasteiger charge is -2.29. The highest BCUT2D eigenvalue weighted by Crippen LogP contribution is 2.43. The van der Waals surface area contributed by atoms with Crippen LogP contribution in [-0.4, -0.2) is 4.57 Å². The topological polar surface area (TPSA) is 8.17 Å². The molecule has 0 radical (unpaired) electrons. The predicted molar refractivity (Wildman–Crippen MR) is 237 cm³/mol. The van der Waals surface area contributed by atoms with E-state index < -0.39 is 0 Å². The molecule has 1 heterocycles. The third-order valence-corrected chi connectivity index (χ3v) is 10.8. The average molecular weight is 715 g/mol. The van der Waals surface area contributed by atoms with Gasteiger partial charge in [0.1, 0.15) is 0 Å². The van der Waals surface area contributed by atoms with Crippen LogP contribution in [0.2, 0.25) is 0 Å². The molecule has 1 aromatic heterocycles. The minimum Gasteiger partial charge on any atom is -0.310 e. The Bertz CT molecular complexity index is 2860. The molecular weight excluding hydrogens is 677 g/mol. The zero-order chi connectivity index (χ0) is 37.3. The molecule has 264 valence electrons. The van der Waals surface area contributed by atoms with Crippen molar-refractivity contribution < 1.29 is 0 Å². The molecular formula is C54H38N2. The summed E-state index contributed by atoms with van der Waals surface area (Å²) in [5.41, 5.74) is 16.3. The summed E-state index contributed by atoms with van der Waals surface area (Å²) >= 11 is 0. The first kappa shape index (κ1) is 33.2. The van der Waals surface area contributed by atoms with Crippen LogP contribution in [0.4, 0.5) is 17.1 Å². The van der Waals surface area contributed by atoms with Gasteiger partial charge in [0.25, 0.3) is 0 Å². The van der Waals surface area contributed by atoms with Crippen molar-refractivity contribution >= 4 is 38.9 Å². The lowest BCUT2D eigenvalue weighted by atomic mass is 9.97. The molecule has 0 bridgehead atoms. The molecule has 0 saturated heterocycles. The number of para-hydroxylation sites is 3. The largest absolute Gasteiger partial charge is 0.310 e. The van der Waals surface area contributed by atoms with E-state index in [0.29, 0.717) is 0 Å². The van der Waals surface area contributed by atoms with Gasteiger partial charge in [-0.1, -0.05) is 176 Å². The van der Waals surface area contributed by atoms with Gasteiger partial charge < -0.3 is 9.47 Å². The van der Waals surface area contributed by atoms with E-state index in [4.69, 9.17) is 0 Å². The van der Waals surface area contributed by atoms with E-state index in [9.17, 15) is 0 Å². The molecule has 0 spiro atoms. The number of fused-ring (bicyclic) bond motifs is 3. The second-order valence-electron chi connectivity index (χ2n) is 14.2. The van der Waals surface area contributed by atoms with Crippen molar-refractivity contribution in [3.05, 3.63) is 231 Å². The van der Waals surface area contributed by atoms with Gasteiger partial charge in [-0.25, -0.2) is 0 Å². The van der Waals surface area contributed by atoms with Gasteiger partial charge in [-0.15, -0.1) is 0 Å². The normalized spacial score (nSPS) is 11.2. The Morgan fingerprint density at radius 2 is 0.750 bits per heavy atom. The minimum atomic E-state index is 1.10. The van der Waals surface area contributed by atoms with Gasteiger partial charge >= 0.3 is 0 Å². The van der Waals surface area contributed by atoms with E-state index in [0.717, 1.165) is 33.9 Å². The maximum atomic E-state index is 2.40. The van der Waals surface area contributed by atoms with E-state index in [2.05, 4.69) is 240 Å². The van der Waals surface area contributed by atoms with Gasteiger partial charge in [0, 0.05) is 33.4 Å². The lowest BCUT2D eigenvalue weighted by Crippen LogP contribution is -2.11. The Labute approximate surface area is 327 Å². The fourth-order valence-electron chi connectivity index (χ4n) is 8.10. The van der Waals surface area contributed by atoms with Gasteiger partial charge in [-0.05, 0) is 93.5 Å². The number of nitrogens with zero attached hydrogens (tertiary/aromatic N) is 2. The molecule has 0 amide bonds. The van der Waals surface area contributed by atoms with E-state index in [1.165, 1.54) is 55.2 Å². The summed E-state index contributed by atoms with van der Waals surface area (Å²) < 4.78 is 2.38. The first-order valence-corrected chi connectivity index (χ1v) is 19.2. The van der Waals surface area contributed by atoms with Crippen LogP contribution < -0.4 is 4.90 Å². The SMILES string of the molecule is c1ccc(-c2cccc(N(c3cccc(-c4ccccc4)c3)c3ccccc3-c3ccc(-c4ccc5c6ccccc6n(-c6ccccc6)c5c4)cc3)c2)cc1. The Hall–Kier alpha value is -7.42. The van der Waals surface area contributed by atoms with Crippen molar-refractivity contribution in [3.63, 3.8) is 0 Å². The molecule has 56 heavy (non-hydrogen) atoms. The van der Waals surface area contributed by atoms with Crippen molar-refractivity contribution in [2.75, 3.05) is 4.90 Å². The molecule has 2 heteroatoms. The summed E-state index contributed by atoms with van der Waals surface area (Å²) in [6.45, 7) is 0. The van der Waals surface area contributed by atoms with Gasteiger partial charge in [0.2, 0.25) is 0 Å². The standard InChI is InChI=1S/C54H38N2/c1-4-16-39(17-5-1)43-20-14-24-47(36-43)55(48-25-15-21-44(37-48)40-18-6-2-7-19-40)52-28-12-10-26-49(52)42-32-30-41(31-33-42)45-34-35-51-50-27-11-13-29-53(50)56(54(51)38-45)46-22-8-3-9-23-46/h1-38H. The zero-order valence-corrected chi connectivity index (χ0v) is 30.8. The molecule has 0 saturated carbocycles. The van der Waals surface area contributed by atoms with Crippen LogP contribution in [-0.2, 0) is 0 Å². The molecule has 9 aromatic carbocycles. The van der Waals surface area contributed by atoms with E-state index in [1.807, 2.05) is 0 Å². The monoisotopic (exact) mass is 714 g/mol. The highest BCUT2D eigenvalue weighted by Gasteiger charge is 2.19. The molecule has 10 aromatic rings. The highest BCUT2D eigenvalue weighted by molar-refractivity contribution is 6.10. The van der Waals surface area contributed by atoms with Crippen molar-refractivity contribution in [2.24, 2.45) is 0 Å². The summed E-state index contributed by atoms with van der Waals surface area (Å²) in [7, 11) is 0. The van der Waals surface area contributed by atoms with Crippen LogP contribution in [0.3, 0.4) is 0 Å². The quantitative estimate of drug-likeness (QED) is 0.152. The summed E-state index contributed by atoms with van der Waals surface area (Å²) in [5.74, 6) is 0. The first-order chi connectivity index (χ1) is 27.8. The van der Waals surface area contributed by atoms with Gasteiger partial charge in [0.15, 0.2) is 0 Å². The Morgan fingerprint density at radius 1 is 0.286 bits per heavy atom. The lowest BCUT2D eigenvalue weighted by molar-refractivity contribution is 1.18. The molecule has 10 rings (SSSR count). The van der Waals surface area contributed by atoms with Crippen LogP contribution in [0.1, 0.15) is 0 Å². The summed E-state index contributed by atoms with van der Waals surface area (Å²) in [6, 6.07) is 83.0. The second-order valence-corrected chi connectivity index (χ2v) is 14.2. The maximum absolute atomic E-state index is 2.40. The molecule has 0 fully saturated rings. The number of benzene rings is 9. The highest BCUT2D eigenvalue weighted by atomic mass is 15.1. The second kappa shape index (κ2) is 14.4. The number of hydrogen-bond acceptors (Lipinski definition) is 1. The van der Waals surface area contributed by atoms with E-state index >= 15 is 0 Å². The Morgan fingerprint density at radius 3 is 1.41 bits per heavy atom. The molecule has 0 N–H and O–H groups in total. The van der Waals surface area contributed by atoms with E-state index in [1.54, 1.807) is 0 Å². The van der Waals surface area contributed by atoms with E-state index in [-0.39, 0.29) is 0 Å². The minimum absolute atomic E-state index is 1.10. The number of rotatable bonds is 8. The fourth-order valence-corrected chi connectivity index (χ4v) is 8.10. The Balaban J connectivity index is 1.08. The number of anilines is 3. The van der Waals surface area contributed by atoms with Crippen molar-refractivity contribution in [2.45, 2.75) is 0 Å². The zero-order valence-electron chi connectivity index (χ0n) is 30.8. The number of aromatic nitrogens is 1. The predicted octanol–water partition coefficient (Wildman–Crippen LogP) is 14.9. The summed E-state index contributed by atoms with van der Waals surface area (Å²) in [6.07, 6.45) is 0. The van der Waals surface area contributed by atoms with Gasteiger partial charge in [-0.3, -0.25) is 0 Å². The van der Waals surface area contributed by atoms with Crippen molar-refractivity contribution in [1.82, 2.24) is 4.57 Å². The van der Waals surface area contributed by atoms with Crippen molar-refractivity contribution in [3.8, 4) is 50.2 Å². The third-order valence-electron chi connectivity index (χ3n) is 10.8.